The molecule has 1 N–H and O–H groups in total. The van der Waals surface area contributed by atoms with Crippen molar-refractivity contribution >= 4 is 28.6 Å². The minimum absolute atomic E-state index is 0.0605. The van der Waals surface area contributed by atoms with Crippen LogP contribution in [0, 0.1) is 6.92 Å². The van der Waals surface area contributed by atoms with Crippen LogP contribution in [0.5, 0.6) is 11.5 Å². The summed E-state index contributed by atoms with van der Waals surface area (Å²) in [5, 5.41) is 3.75. The summed E-state index contributed by atoms with van der Waals surface area (Å²) in [7, 11) is 0. The standard InChI is InChI=1S/C29H33N3O4S/c1-3-26(27(33)30-17-21-11-9-19(2)10-12-21)37-29-31-23-16-25-24(35-18-36-25)15-22(23)28(34)32(29)14-13-20-7-5-4-6-8-20/h7,9-12,15-16,26H,3-6,8,13-14,17-18H2,1-2H3,(H,30,33). The number of carbonyl (C=O) groups is 1. The Morgan fingerprint density at radius 3 is 2.68 bits per heavy atom. The quantitative estimate of drug-likeness (QED) is 0.228. The number of allylic oxidation sites excluding steroid dienone is 2. The average molecular weight is 520 g/mol. The minimum atomic E-state index is -0.371. The van der Waals surface area contributed by atoms with Gasteiger partial charge in [0.1, 0.15) is 0 Å². The van der Waals surface area contributed by atoms with E-state index in [4.69, 9.17) is 14.5 Å². The van der Waals surface area contributed by atoms with Crippen LogP contribution in [0.4, 0.5) is 0 Å². The molecule has 7 nitrogen and oxygen atoms in total. The van der Waals surface area contributed by atoms with Crippen molar-refractivity contribution < 1.29 is 14.3 Å². The molecule has 1 amide bonds. The third kappa shape index (κ3) is 5.85. The van der Waals surface area contributed by atoms with Crippen LogP contribution in [-0.2, 0) is 17.9 Å². The van der Waals surface area contributed by atoms with Gasteiger partial charge in [-0.15, -0.1) is 0 Å². The van der Waals surface area contributed by atoms with Gasteiger partial charge >= 0.3 is 0 Å². The van der Waals surface area contributed by atoms with E-state index in [0.29, 0.717) is 47.1 Å². The molecule has 1 aliphatic heterocycles. The number of ether oxygens (including phenoxy) is 2. The van der Waals surface area contributed by atoms with E-state index in [1.54, 1.807) is 16.7 Å². The molecule has 0 spiro atoms. The number of hydrogen-bond donors (Lipinski definition) is 1. The number of carbonyl (C=O) groups excluding carboxylic acids is 1. The molecule has 1 aromatic heterocycles. The van der Waals surface area contributed by atoms with Crippen LogP contribution in [-0.4, -0.2) is 27.5 Å². The Morgan fingerprint density at radius 2 is 1.95 bits per heavy atom. The van der Waals surface area contributed by atoms with Gasteiger partial charge in [-0.1, -0.05) is 60.2 Å². The van der Waals surface area contributed by atoms with Crippen LogP contribution in [0.15, 0.2) is 58.0 Å². The Labute approximate surface area is 221 Å². The van der Waals surface area contributed by atoms with Gasteiger partial charge in [-0.05, 0) is 57.1 Å². The Bertz CT molecular complexity index is 1380. The smallest absolute Gasteiger partial charge is 0.262 e. The summed E-state index contributed by atoms with van der Waals surface area (Å²) in [5.74, 6) is 1.09. The summed E-state index contributed by atoms with van der Waals surface area (Å²) in [6.45, 7) is 5.16. The normalized spacial score (nSPS) is 15.5. The fraction of sp³-hybridized carbons (Fsp3) is 0.414. The third-order valence-corrected chi connectivity index (χ3v) is 8.31. The lowest BCUT2D eigenvalue weighted by molar-refractivity contribution is -0.120. The zero-order valence-electron chi connectivity index (χ0n) is 21.4. The molecule has 37 heavy (non-hydrogen) atoms. The number of nitrogens with zero attached hydrogens (tertiary/aromatic N) is 2. The topological polar surface area (TPSA) is 82.5 Å². The van der Waals surface area contributed by atoms with Crippen LogP contribution < -0.4 is 20.3 Å². The van der Waals surface area contributed by atoms with Gasteiger partial charge in [-0.2, -0.15) is 0 Å². The number of rotatable bonds is 9. The molecule has 2 aromatic carbocycles. The second-order valence-corrected chi connectivity index (χ2v) is 10.8. The van der Waals surface area contributed by atoms with E-state index in [1.807, 2.05) is 38.1 Å². The van der Waals surface area contributed by atoms with E-state index in [0.717, 1.165) is 24.8 Å². The van der Waals surface area contributed by atoms with E-state index in [1.165, 1.54) is 35.7 Å². The van der Waals surface area contributed by atoms with Crippen LogP contribution in [0.3, 0.4) is 0 Å². The summed E-state index contributed by atoms with van der Waals surface area (Å²) >= 11 is 1.36. The first-order valence-corrected chi connectivity index (χ1v) is 13.9. The fourth-order valence-electron chi connectivity index (χ4n) is 4.72. The Hall–Kier alpha value is -3.26. The molecule has 0 bridgehead atoms. The first-order valence-electron chi connectivity index (χ1n) is 13.0. The van der Waals surface area contributed by atoms with Gasteiger partial charge in [-0.3, -0.25) is 14.2 Å². The summed E-state index contributed by atoms with van der Waals surface area (Å²) in [5.41, 5.74) is 4.07. The molecule has 8 heteroatoms. The van der Waals surface area contributed by atoms with Gasteiger partial charge in [0.15, 0.2) is 16.7 Å². The van der Waals surface area contributed by atoms with Crippen molar-refractivity contribution in [3.05, 3.63) is 69.5 Å². The van der Waals surface area contributed by atoms with Gasteiger partial charge in [0.2, 0.25) is 12.7 Å². The van der Waals surface area contributed by atoms with Crippen LogP contribution in [0.25, 0.3) is 10.9 Å². The van der Waals surface area contributed by atoms with Gasteiger partial charge in [0.25, 0.3) is 5.56 Å². The van der Waals surface area contributed by atoms with Gasteiger partial charge in [0.05, 0.1) is 16.2 Å². The van der Waals surface area contributed by atoms with Gasteiger partial charge < -0.3 is 14.8 Å². The Morgan fingerprint density at radius 1 is 1.16 bits per heavy atom. The summed E-state index contributed by atoms with van der Waals surface area (Å²) in [6, 6.07) is 11.6. The zero-order chi connectivity index (χ0) is 25.8. The highest BCUT2D eigenvalue weighted by molar-refractivity contribution is 8.00. The largest absolute Gasteiger partial charge is 0.454 e. The molecule has 194 valence electrons. The zero-order valence-corrected chi connectivity index (χ0v) is 22.2. The van der Waals surface area contributed by atoms with Crippen molar-refractivity contribution in [2.24, 2.45) is 0 Å². The number of amides is 1. The van der Waals surface area contributed by atoms with Gasteiger partial charge in [-0.25, -0.2) is 4.98 Å². The molecule has 3 aromatic rings. The number of nitrogens with one attached hydrogen (secondary N) is 1. The molecule has 1 atom stereocenters. The molecule has 2 heterocycles. The number of aryl methyl sites for hydroxylation is 1. The lowest BCUT2D eigenvalue weighted by Crippen LogP contribution is -2.33. The number of hydrogen-bond acceptors (Lipinski definition) is 6. The second-order valence-electron chi connectivity index (χ2n) is 9.65. The van der Waals surface area contributed by atoms with Crippen LogP contribution in [0.1, 0.15) is 56.6 Å². The molecule has 1 aliphatic carbocycles. The van der Waals surface area contributed by atoms with Crippen molar-refractivity contribution in [2.75, 3.05) is 6.79 Å². The monoisotopic (exact) mass is 519 g/mol. The van der Waals surface area contributed by atoms with Crippen molar-refractivity contribution in [3.63, 3.8) is 0 Å². The number of fused-ring (bicyclic) bond motifs is 2. The van der Waals surface area contributed by atoms with Crippen LogP contribution in [0.2, 0.25) is 0 Å². The maximum Gasteiger partial charge on any atom is 0.262 e. The fourth-order valence-corrected chi connectivity index (χ4v) is 5.79. The molecule has 0 radical (unpaired) electrons. The van der Waals surface area contributed by atoms with E-state index < -0.39 is 0 Å². The third-order valence-electron chi connectivity index (χ3n) is 6.95. The lowest BCUT2D eigenvalue weighted by Gasteiger charge is -2.19. The van der Waals surface area contributed by atoms with E-state index in [-0.39, 0.29) is 23.5 Å². The average Bonchev–Trinajstić information content (AvgIpc) is 3.38. The molecule has 0 saturated heterocycles. The lowest BCUT2D eigenvalue weighted by atomic mass is 9.97. The maximum atomic E-state index is 13.7. The highest BCUT2D eigenvalue weighted by Gasteiger charge is 2.24. The van der Waals surface area contributed by atoms with Crippen molar-refractivity contribution in [3.8, 4) is 11.5 Å². The number of benzene rings is 2. The first-order chi connectivity index (χ1) is 18.0. The summed E-state index contributed by atoms with van der Waals surface area (Å²) in [6.07, 6.45) is 8.33. The number of aromatic nitrogens is 2. The van der Waals surface area contributed by atoms with E-state index >= 15 is 0 Å². The van der Waals surface area contributed by atoms with Crippen molar-refractivity contribution in [2.45, 2.75) is 75.9 Å². The van der Waals surface area contributed by atoms with Gasteiger partial charge in [0, 0.05) is 19.2 Å². The maximum absolute atomic E-state index is 13.7. The molecule has 5 rings (SSSR count). The molecular weight excluding hydrogens is 486 g/mol. The first kappa shape index (κ1) is 25.4. The minimum Gasteiger partial charge on any atom is -0.454 e. The summed E-state index contributed by atoms with van der Waals surface area (Å²) in [4.78, 5) is 31.7. The predicted octanol–water partition coefficient (Wildman–Crippen LogP) is 5.51. The highest BCUT2D eigenvalue weighted by atomic mass is 32.2. The molecular formula is C29H33N3O4S. The Balaban J connectivity index is 1.42. The molecule has 0 fully saturated rings. The predicted molar refractivity (Wildman–Crippen MR) is 146 cm³/mol. The SMILES string of the molecule is CCC(Sc1nc2cc3c(cc2c(=O)n1CCC1=CCCCC1)OCO3)C(=O)NCc1ccc(C)cc1. The van der Waals surface area contributed by atoms with E-state index in [2.05, 4.69) is 11.4 Å². The van der Waals surface area contributed by atoms with Crippen LogP contribution >= 0.6 is 11.8 Å². The van der Waals surface area contributed by atoms with Crippen molar-refractivity contribution in [1.82, 2.24) is 14.9 Å². The number of thioether (sulfide) groups is 1. The molecule has 1 unspecified atom stereocenters. The van der Waals surface area contributed by atoms with E-state index in [9.17, 15) is 9.59 Å². The highest BCUT2D eigenvalue weighted by Crippen LogP contribution is 2.35. The molecule has 2 aliphatic rings. The summed E-state index contributed by atoms with van der Waals surface area (Å²) < 4.78 is 12.8. The molecule has 0 saturated carbocycles. The Kier molecular flexibility index (Phi) is 7.84. The second kappa shape index (κ2) is 11.4. The van der Waals surface area contributed by atoms with Crippen molar-refractivity contribution in [1.29, 1.82) is 0 Å².